The smallest absolute Gasteiger partial charge is 0.223 e. The van der Waals surface area contributed by atoms with Gasteiger partial charge in [-0.2, -0.15) is 0 Å². The second-order valence-electron chi connectivity index (χ2n) is 6.11. The number of carbonyl (C=O) groups excluding carboxylic acids is 1. The minimum absolute atomic E-state index is 0.105. The molecule has 0 radical (unpaired) electrons. The van der Waals surface area contributed by atoms with Gasteiger partial charge in [0.15, 0.2) is 0 Å². The predicted octanol–water partition coefficient (Wildman–Crippen LogP) is 4.28. The Morgan fingerprint density at radius 2 is 1.91 bits per heavy atom. The fraction of sp³-hybridized carbons (Fsp3) is 0.579. The number of rotatable bonds is 9. The monoisotopic (exact) mass is 315 g/mol. The van der Waals surface area contributed by atoms with Gasteiger partial charge in [-0.1, -0.05) is 45.7 Å². The Bertz CT molecular complexity index is 629. The average Bonchev–Trinajstić information content (AvgIpc) is 2.92. The van der Waals surface area contributed by atoms with Crippen LogP contribution in [0.4, 0.5) is 0 Å². The Balaban J connectivity index is 2.15. The molecule has 0 spiro atoms. The van der Waals surface area contributed by atoms with Crippen LogP contribution in [0.5, 0.6) is 0 Å². The molecule has 23 heavy (non-hydrogen) atoms. The molecule has 1 aromatic carbocycles. The van der Waals surface area contributed by atoms with Crippen LogP contribution in [0.1, 0.15) is 58.7 Å². The summed E-state index contributed by atoms with van der Waals surface area (Å²) in [5, 5.41) is 3.07. The lowest BCUT2D eigenvalue weighted by molar-refractivity contribution is -0.125. The number of aromatic nitrogens is 2. The van der Waals surface area contributed by atoms with Gasteiger partial charge in [-0.05, 0) is 31.4 Å². The average molecular weight is 315 g/mol. The number of para-hydroxylation sites is 2. The Morgan fingerprint density at radius 3 is 2.61 bits per heavy atom. The van der Waals surface area contributed by atoms with Gasteiger partial charge in [0.05, 0.1) is 17.6 Å². The molecule has 0 saturated carbocycles. The number of aryl methyl sites for hydroxylation is 1. The van der Waals surface area contributed by atoms with Gasteiger partial charge in [0.1, 0.15) is 5.82 Å². The predicted molar refractivity (Wildman–Crippen MR) is 95.2 cm³/mol. The fourth-order valence-electron chi connectivity index (χ4n) is 3.00. The first kappa shape index (κ1) is 17.5. The van der Waals surface area contributed by atoms with Crippen molar-refractivity contribution < 1.29 is 4.79 Å². The maximum absolute atomic E-state index is 12.2. The van der Waals surface area contributed by atoms with Crippen molar-refractivity contribution in [1.82, 2.24) is 14.9 Å². The topological polar surface area (TPSA) is 46.9 Å². The van der Waals surface area contributed by atoms with Crippen molar-refractivity contribution in [3.63, 3.8) is 0 Å². The van der Waals surface area contributed by atoms with E-state index in [-0.39, 0.29) is 11.8 Å². The molecule has 1 amide bonds. The van der Waals surface area contributed by atoms with Crippen molar-refractivity contribution in [3.8, 4) is 0 Å². The zero-order valence-corrected chi connectivity index (χ0v) is 14.6. The SMILES string of the molecule is CCCCCn1c(CNC(=O)C(CC)CC)nc2ccccc21. The summed E-state index contributed by atoms with van der Waals surface area (Å²) in [4.78, 5) is 16.9. The summed E-state index contributed by atoms with van der Waals surface area (Å²) in [7, 11) is 0. The van der Waals surface area contributed by atoms with Crippen molar-refractivity contribution in [1.29, 1.82) is 0 Å². The highest BCUT2D eigenvalue weighted by Gasteiger charge is 2.16. The highest BCUT2D eigenvalue weighted by Crippen LogP contribution is 2.17. The van der Waals surface area contributed by atoms with Crippen LogP contribution in [-0.2, 0) is 17.9 Å². The lowest BCUT2D eigenvalue weighted by atomic mass is 10.0. The molecule has 0 aliphatic heterocycles. The summed E-state index contributed by atoms with van der Waals surface area (Å²) in [6.45, 7) is 7.81. The third-order valence-electron chi connectivity index (χ3n) is 4.50. The van der Waals surface area contributed by atoms with Crippen LogP contribution in [0.15, 0.2) is 24.3 Å². The molecular weight excluding hydrogens is 286 g/mol. The van der Waals surface area contributed by atoms with Gasteiger partial charge in [0.2, 0.25) is 5.91 Å². The van der Waals surface area contributed by atoms with Crippen LogP contribution in [0.3, 0.4) is 0 Å². The van der Waals surface area contributed by atoms with Gasteiger partial charge in [-0.15, -0.1) is 0 Å². The van der Waals surface area contributed by atoms with E-state index < -0.39 is 0 Å². The summed E-state index contributed by atoms with van der Waals surface area (Å²) in [5.74, 6) is 1.21. The van der Waals surface area contributed by atoms with E-state index >= 15 is 0 Å². The highest BCUT2D eigenvalue weighted by molar-refractivity contribution is 5.79. The lowest BCUT2D eigenvalue weighted by Crippen LogP contribution is -2.30. The summed E-state index contributed by atoms with van der Waals surface area (Å²) >= 11 is 0. The number of amides is 1. The van der Waals surface area contributed by atoms with Crippen molar-refractivity contribution in [2.45, 2.75) is 66.0 Å². The number of unbranched alkanes of at least 4 members (excludes halogenated alkanes) is 2. The largest absolute Gasteiger partial charge is 0.349 e. The Morgan fingerprint density at radius 1 is 1.17 bits per heavy atom. The van der Waals surface area contributed by atoms with Gasteiger partial charge in [0, 0.05) is 12.5 Å². The van der Waals surface area contributed by atoms with Gasteiger partial charge in [-0.3, -0.25) is 4.79 Å². The molecule has 1 heterocycles. The molecule has 1 N–H and O–H groups in total. The first-order valence-corrected chi connectivity index (χ1v) is 8.93. The van der Waals surface area contributed by atoms with Crippen molar-refractivity contribution >= 4 is 16.9 Å². The summed E-state index contributed by atoms with van der Waals surface area (Å²) < 4.78 is 2.26. The summed E-state index contributed by atoms with van der Waals surface area (Å²) in [5.41, 5.74) is 2.17. The van der Waals surface area contributed by atoms with Crippen LogP contribution in [0.2, 0.25) is 0 Å². The molecule has 0 aliphatic carbocycles. The van der Waals surface area contributed by atoms with E-state index in [4.69, 9.17) is 4.98 Å². The molecule has 4 nitrogen and oxygen atoms in total. The quantitative estimate of drug-likeness (QED) is 0.702. The maximum atomic E-state index is 12.2. The molecule has 126 valence electrons. The van der Waals surface area contributed by atoms with Crippen LogP contribution < -0.4 is 5.32 Å². The third kappa shape index (κ3) is 4.34. The molecule has 0 saturated heterocycles. The molecule has 0 atom stereocenters. The number of carbonyl (C=O) groups is 1. The molecule has 2 rings (SSSR count). The van der Waals surface area contributed by atoms with E-state index in [1.165, 1.54) is 12.8 Å². The first-order valence-electron chi connectivity index (χ1n) is 8.93. The number of imidazole rings is 1. The third-order valence-corrected chi connectivity index (χ3v) is 4.50. The van der Waals surface area contributed by atoms with Gasteiger partial charge < -0.3 is 9.88 Å². The van der Waals surface area contributed by atoms with Crippen molar-refractivity contribution in [2.24, 2.45) is 5.92 Å². The van der Waals surface area contributed by atoms with E-state index in [1.54, 1.807) is 0 Å². The van der Waals surface area contributed by atoms with Gasteiger partial charge in [0.25, 0.3) is 0 Å². The molecule has 1 aromatic heterocycles. The lowest BCUT2D eigenvalue weighted by Gasteiger charge is -2.14. The van der Waals surface area contributed by atoms with Gasteiger partial charge >= 0.3 is 0 Å². The molecule has 0 bridgehead atoms. The summed E-state index contributed by atoms with van der Waals surface area (Å²) in [6, 6.07) is 8.21. The molecule has 0 unspecified atom stereocenters. The number of benzene rings is 1. The Hall–Kier alpha value is -1.84. The van der Waals surface area contributed by atoms with Gasteiger partial charge in [-0.25, -0.2) is 4.98 Å². The standard InChI is InChI=1S/C19H29N3O/c1-4-7-10-13-22-17-12-9-8-11-16(17)21-18(22)14-20-19(23)15(5-2)6-3/h8-9,11-12,15H,4-7,10,13-14H2,1-3H3,(H,20,23). The van der Waals surface area contributed by atoms with E-state index in [0.717, 1.165) is 42.7 Å². The zero-order chi connectivity index (χ0) is 16.7. The number of hydrogen-bond donors (Lipinski definition) is 1. The zero-order valence-electron chi connectivity index (χ0n) is 14.6. The number of nitrogens with zero attached hydrogens (tertiary/aromatic N) is 2. The summed E-state index contributed by atoms with van der Waals surface area (Å²) in [6.07, 6.45) is 5.33. The Labute approximate surface area is 139 Å². The van der Waals surface area contributed by atoms with Crippen LogP contribution in [0.25, 0.3) is 11.0 Å². The maximum Gasteiger partial charge on any atom is 0.223 e. The normalized spacial score (nSPS) is 11.3. The molecule has 0 fully saturated rings. The molecule has 2 aromatic rings. The first-order chi connectivity index (χ1) is 11.2. The second-order valence-corrected chi connectivity index (χ2v) is 6.11. The van der Waals surface area contributed by atoms with Crippen LogP contribution >= 0.6 is 0 Å². The second kappa shape index (κ2) is 8.70. The highest BCUT2D eigenvalue weighted by atomic mass is 16.1. The minimum atomic E-state index is 0.105. The van der Waals surface area contributed by atoms with Crippen LogP contribution in [0, 0.1) is 5.92 Å². The Kier molecular flexibility index (Phi) is 6.63. The number of fused-ring (bicyclic) bond motifs is 1. The van der Waals surface area contributed by atoms with Crippen LogP contribution in [-0.4, -0.2) is 15.5 Å². The fourth-order valence-corrected chi connectivity index (χ4v) is 3.00. The number of nitrogens with one attached hydrogen (secondary N) is 1. The van der Waals surface area contributed by atoms with E-state index in [9.17, 15) is 4.79 Å². The van der Waals surface area contributed by atoms with E-state index in [1.807, 2.05) is 18.2 Å². The van der Waals surface area contributed by atoms with E-state index in [2.05, 4.69) is 36.7 Å². The van der Waals surface area contributed by atoms with E-state index in [0.29, 0.717) is 6.54 Å². The molecule has 4 heteroatoms. The number of hydrogen-bond acceptors (Lipinski definition) is 2. The molecule has 0 aliphatic rings. The van der Waals surface area contributed by atoms with Crippen molar-refractivity contribution in [3.05, 3.63) is 30.1 Å². The molecular formula is C19H29N3O. The minimum Gasteiger partial charge on any atom is -0.349 e. The van der Waals surface area contributed by atoms with Crippen molar-refractivity contribution in [2.75, 3.05) is 0 Å².